The van der Waals surface area contributed by atoms with E-state index < -0.39 is 0 Å². The Morgan fingerprint density at radius 3 is 2.84 bits per heavy atom. The van der Waals surface area contributed by atoms with Crippen molar-refractivity contribution in [3.8, 4) is 0 Å². The third-order valence-electron chi connectivity index (χ3n) is 5.67. The molecule has 2 amide bonds. The number of hydrogen-bond acceptors (Lipinski definition) is 3. The molecule has 0 aliphatic carbocycles. The van der Waals surface area contributed by atoms with Crippen molar-refractivity contribution < 1.29 is 13.9 Å². The molecule has 4 rings (SSSR count). The van der Waals surface area contributed by atoms with E-state index >= 15 is 0 Å². The Morgan fingerprint density at radius 2 is 2.08 bits per heavy atom. The molecule has 5 nitrogen and oxygen atoms in total. The highest BCUT2D eigenvalue weighted by Crippen LogP contribution is 2.30. The summed E-state index contributed by atoms with van der Waals surface area (Å²) >= 11 is 0. The van der Waals surface area contributed by atoms with Gasteiger partial charge in [0.05, 0.1) is 12.3 Å². The molecule has 0 aromatic heterocycles. The molecule has 1 aromatic carbocycles. The lowest BCUT2D eigenvalue weighted by Crippen LogP contribution is -2.49. The third kappa shape index (κ3) is 3.65. The van der Waals surface area contributed by atoms with E-state index in [9.17, 15) is 9.18 Å². The van der Waals surface area contributed by atoms with Gasteiger partial charge in [0.15, 0.2) is 0 Å². The molecule has 2 fully saturated rings. The Bertz CT molecular complexity index is 625. The van der Waals surface area contributed by atoms with Crippen LogP contribution in [-0.4, -0.2) is 56.4 Å². The van der Waals surface area contributed by atoms with Gasteiger partial charge in [-0.1, -0.05) is 6.07 Å². The third-order valence-corrected chi connectivity index (χ3v) is 5.67. The van der Waals surface area contributed by atoms with Gasteiger partial charge in [-0.15, -0.1) is 0 Å². The number of amides is 2. The number of carbonyl (C=O) groups excluding carboxylic acids is 1. The van der Waals surface area contributed by atoms with Crippen LogP contribution in [-0.2, 0) is 11.2 Å². The summed E-state index contributed by atoms with van der Waals surface area (Å²) in [6.07, 6.45) is 3.71. The fraction of sp³-hybridized carbons (Fsp3) is 0.632. The number of likely N-dealkylation sites (tertiary alicyclic amines) is 1. The molecule has 0 spiro atoms. The number of hydrogen-bond donors (Lipinski definition) is 1. The molecule has 1 N–H and O–H groups in total. The van der Waals surface area contributed by atoms with E-state index in [2.05, 4.69) is 10.2 Å². The van der Waals surface area contributed by atoms with Crippen molar-refractivity contribution in [1.29, 1.82) is 0 Å². The molecule has 3 aliphatic heterocycles. The summed E-state index contributed by atoms with van der Waals surface area (Å²) in [7, 11) is 0. The Balaban J connectivity index is 1.28. The predicted octanol–water partition coefficient (Wildman–Crippen LogP) is 2.40. The van der Waals surface area contributed by atoms with Crippen LogP contribution in [0.5, 0.6) is 0 Å². The second-order valence-corrected chi connectivity index (χ2v) is 7.39. The number of ether oxygens (including phenoxy) is 1. The molecular formula is C19H26FN3O2. The Kier molecular flexibility index (Phi) is 4.90. The van der Waals surface area contributed by atoms with Crippen LogP contribution in [0.25, 0.3) is 0 Å². The summed E-state index contributed by atoms with van der Waals surface area (Å²) in [5, 5.41) is 3.15. The van der Waals surface area contributed by atoms with E-state index in [0.717, 1.165) is 51.4 Å². The van der Waals surface area contributed by atoms with Gasteiger partial charge < -0.3 is 15.0 Å². The first-order chi connectivity index (χ1) is 12.2. The molecule has 2 saturated heterocycles. The van der Waals surface area contributed by atoms with Gasteiger partial charge >= 0.3 is 6.03 Å². The second kappa shape index (κ2) is 7.30. The van der Waals surface area contributed by atoms with Crippen LogP contribution in [0.4, 0.5) is 14.9 Å². The minimum atomic E-state index is -0.211. The molecule has 3 aliphatic rings. The van der Waals surface area contributed by atoms with Crippen molar-refractivity contribution in [3.63, 3.8) is 0 Å². The van der Waals surface area contributed by atoms with Gasteiger partial charge in [0.25, 0.3) is 0 Å². The molecule has 25 heavy (non-hydrogen) atoms. The van der Waals surface area contributed by atoms with Crippen LogP contribution in [0, 0.1) is 11.7 Å². The van der Waals surface area contributed by atoms with Crippen molar-refractivity contribution in [2.75, 3.05) is 44.3 Å². The Hall–Kier alpha value is -1.66. The van der Waals surface area contributed by atoms with Crippen molar-refractivity contribution in [2.45, 2.75) is 31.7 Å². The highest BCUT2D eigenvalue weighted by molar-refractivity contribution is 5.94. The highest BCUT2D eigenvalue weighted by atomic mass is 19.1. The summed E-state index contributed by atoms with van der Waals surface area (Å²) in [5.74, 6) is 0.458. The molecule has 0 saturated carbocycles. The van der Waals surface area contributed by atoms with Crippen molar-refractivity contribution in [3.05, 3.63) is 29.6 Å². The number of urea groups is 1. The number of piperidine rings is 1. The minimum Gasteiger partial charge on any atom is -0.381 e. The predicted molar refractivity (Wildman–Crippen MR) is 94.4 cm³/mol. The number of nitrogens with zero attached hydrogens (tertiary/aromatic N) is 2. The van der Waals surface area contributed by atoms with Crippen LogP contribution in [0.1, 0.15) is 24.8 Å². The molecule has 1 atom stereocenters. The summed E-state index contributed by atoms with van der Waals surface area (Å²) in [6.45, 7) is 5.50. The maximum Gasteiger partial charge on any atom is 0.322 e. The highest BCUT2D eigenvalue weighted by Gasteiger charge is 2.29. The van der Waals surface area contributed by atoms with Gasteiger partial charge in [0.1, 0.15) is 5.82 Å². The maximum atomic E-state index is 13.8. The lowest BCUT2D eigenvalue weighted by molar-refractivity contribution is 0.148. The second-order valence-electron chi connectivity index (χ2n) is 7.39. The minimum absolute atomic E-state index is 0.0907. The van der Waals surface area contributed by atoms with Crippen LogP contribution in [0.15, 0.2) is 18.2 Å². The number of rotatable bonds is 3. The molecule has 1 unspecified atom stereocenters. The lowest BCUT2D eigenvalue weighted by atomic mass is 10.0. The average molecular weight is 347 g/mol. The molecular weight excluding hydrogens is 321 g/mol. The number of benzene rings is 1. The normalized spacial score (nSPS) is 24.5. The first-order valence-electron chi connectivity index (χ1n) is 9.36. The topological polar surface area (TPSA) is 44.8 Å². The number of nitrogens with one attached hydrogen (secondary N) is 1. The number of halogens is 1. The van der Waals surface area contributed by atoms with E-state index in [1.807, 2.05) is 6.07 Å². The van der Waals surface area contributed by atoms with Gasteiger partial charge in [-0.3, -0.25) is 4.90 Å². The summed E-state index contributed by atoms with van der Waals surface area (Å²) in [6, 6.07) is 5.08. The summed E-state index contributed by atoms with van der Waals surface area (Å²) in [5.41, 5.74) is 1.38. The fourth-order valence-corrected chi connectivity index (χ4v) is 4.21. The molecule has 136 valence electrons. The van der Waals surface area contributed by atoms with E-state index in [-0.39, 0.29) is 17.9 Å². The number of fused-ring (bicyclic) bond motifs is 1. The van der Waals surface area contributed by atoms with Gasteiger partial charge in [-0.25, -0.2) is 9.18 Å². The maximum absolute atomic E-state index is 13.8. The molecule has 6 heteroatoms. The summed E-state index contributed by atoms with van der Waals surface area (Å²) < 4.78 is 19.3. The zero-order chi connectivity index (χ0) is 17.2. The number of anilines is 1. The van der Waals surface area contributed by atoms with Crippen molar-refractivity contribution in [1.82, 2.24) is 10.2 Å². The molecule has 3 heterocycles. The lowest BCUT2D eigenvalue weighted by Gasteiger charge is -2.34. The van der Waals surface area contributed by atoms with Gasteiger partial charge in [0, 0.05) is 44.4 Å². The molecule has 0 bridgehead atoms. The quantitative estimate of drug-likeness (QED) is 0.913. The van der Waals surface area contributed by atoms with Gasteiger partial charge in [-0.2, -0.15) is 0 Å². The van der Waals surface area contributed by atoms with Crippen LogP contribution >= 0.6 is 0 Å². The Labute approximate surface area is 148 Å². The standard InChI is InChI=1S/C19H26FN3O2/c20-17-2-1-3-18-16(17)6-10-23(18)19(24)21-15-4-8-22(9-5-15)12-14-7-11-25-13-14/h1-3,14-15H,4-13H2,(H,21,24). The first kappa shape index (κ1) is 16.8. The smallest absolute Gasteiger partial charge is 0.322 e. The zero-order valence-corrected chi connectivity index (χ0v) is 14.5. The van der Waals surface area contributed by atoms with E-state index in [1.165, 1.54) is 12.5 Å². The van der Waals surface area contributed by atoms with E-state index in [4.69, 9.17) is 4.74 Å². The first-order valence-corrected chi connectivity index (χ1v) is 9.36. The SMILES string of the molecule is O=C(NC1CCN(CC2CCOC2)CC1)N1CCc2c(F)cccc21. The average Bonchev–Trinajstić information content (AvgIpc) is 3.27. The largest absolute Gasteiger partial charge is 0.381 e. The van der Waals surface area contributed by atoms with Crippen molar-refractivity contribution in [2.24, 2.45) is 5.92 Å². The molecule has 1 aromatic rings. The van der Waals surface area contributed by atoms with E-state index in [0.29, 0.717) is 24.4 Å². The monoisotopic (exact) mass is 347 g/mol. The summed E-state index contributed by atoms with van der Waals surface area (Å²) in [4.78, 5) is 16.8. The van der Waals surface area contributed by atoms with Crippen LogP contribution < -0.4 is 10.2 Å². The Morgan fingerprint density at radius 1 is 1.24 bits per heavy atom. The van der Waals surface area contributed by atoms with E-state index in [1.54, 1.807) is 11.0 Å². The number of carbonyl (C=O) groups is 1. The molecule has 0 radical (unpaired) electrons. The van der Waals surface area contributed by atoms with Gasteiger partial charge in [-0.05, 0) is 43.7 Å². The van der Waals surface area contributed by atoms with Crippen LogP contribution in [0.3, 0.4) is 0 Å². The zero-order valence-electron chi connectivity index (χ0n) is 14.5. The van der Waals surface area contributed by atoms with Crippen molar-refractivity contribution >= 4 is 11.7 Å². The van der Waals surface area contributed by atoms with Crippen LogP contribution in [0.2, 0.25) is 0 Å². The fourth-order valence-electron chi connectivity index (χ4n) is 4.21. The van der Waals surface area contributed by atoms with Gasteiger partial charge in [0.2, 0.25) is 0 Å².